The zero-order valence-electron chi connectivity index (χ0n) is 13.0. The average molecular weight is 276 g/mol. The van der Waals surface area contributed by atoms with Crippen molar-refractivity contribution in [2.24, 2.45) is 0 Å². The Morgan fingerprint density at radius 1 is 1.10 bits per heavy atom. The van der Waals surface area contributed by atoms with Crippen molar-refractivity contribution in [2.45, 2.75) is 65.2 Å². The Hall–Kier alpha value is -1.38. The van der Waals surface area contributed by atoms with E-state index in [0.29, 0.717) is 6.42 Å². The van der Waals surface area contributed by atoms with Gasteiger partial charge in [0.1, 0.15) is 5.82 Å². The van der Waals surface area contributed by atoms with Crippen LogP contribution in [-0.4, -0.2) is 17.3 Å². The van der Waals surface area contributed by atoms with Crippen LogP contribution >= 0.6 is 0 Å². The molecule has 0 spiro atoms. The van der Waals surface area contributed by atoms with Gasteiger partial charge in [-0.25, -0.2) is 4.98 Å². The number of hydrogen-bond donors (Lipinski definition) is 1. The summed E-state index contributed by atoms with van der Waals surface area (Å²) < 4.78 is 0. The van der Waals surface area contributed by atoms with Crippen LogP contribution in [0.5, 0.6) is 0 Å². The van der Waals surface area contributed by atoms with Gasteiger partial charge < -0.3 is 5.32 Å². The predicted octanol–water partition coefficient (Wildman–Crippen LogP) is 4.84. The van der Waals surface area contributed by atoms with Crippen LogP contribution in [0.25, 0.3) is 0 Å². The van der Waals surface area contributed by atoms with Crippen molar-refractivity contribution in [1.82, 2.24) is 4.98 Å². The van der Waals surface area contributed by atoms with Crippen molar-refractivity contribution in [3.8, 4) is 0 Å². The van der Waals surface area contributed by atoms with Gasteiger partial charge in [0.25, 0.3) is 0 Å². The van der Waals surface area contributed by atoms with Crippen LogP contribution in [0.3, 0.4) is 0 Å². The normalized spacial score (nSPS) is 10.5. The van der Waals surface area contributed by atoms with Crippen LogP contribution < -0.4 is 5.32 Å². The summed E-state index contributed by atoms with van der Waals surface area (Å²) in [6.45, 7) is 5.22. The van der Waals surface area contributed by atoms with Crippen LogP contribution in [0.2, 0.25) is 0 Å². The molecule has 0 fully saturated rings. The number of unbranched alkanes of at least 4 members (excludes halogenated alkanes) is 5. The molecule has 1 N–H and O–H groups in total. The Morgan fingerprint density at radius 3 is 2.60 bits per heavy atom. The molecule has 0 radical (unpaired) electrons. The van der Waals surface area contributed by atoms with Crippen molar-refractivity contribution < 1.29 is 4.79 Å². The molecule has 1 aromatic rings. The van der Waals surface area contributed by atoms with Crippen LogP contribution in [0.1, 0.15) is 75.6 Å². The number of Topliss-reactive ketones (excluding diaryl/α,β-unsaturated/α-hetero) is 1. The first-order chi connectivity index (χ1) is 9.79. The van der Waals surface area contributed by atoms with E-state index in [0.717, 1.165) is 37.2 Å². The van der Waals surface area contributed by atoms with Crippen molar-refractivity contribution in [2.75, 3.05) is 11.9 Å². The largest absolute Gasteiger partial charge is 0.369 e. The molecule has 0 aliphatic carbocycles. The van der Waals surface area contributed by atoms with Gasteiger partial charge in [-0.2, -0.15) is 0 Å². The molecule has 1 aromatic heterocycles. The molecule has 20 heavy (non-hydrogen) atoms. The molecule has 0 aliphatic heterocycles. The van der Waals surface area contributed by atoms with Crippen LogP contribution in [0.4, 0.5) is 5.82 Å². The first-order valence-corrected chi connectivity index (χ1v) is 8.01. The number of nitrogens with one attached hydrogen (secondary N) is 1. The molecule has 1 heterocycles. The van der Waals surface area contributed by atoms with Gasteiger partial charge in [0.15, 0.2) is 5.78 Å². The Morgan fingerprint density at radius 2 is 1.85 bits per heavy atom. The van der Waals surface area contributed by atoms with E-state index in [1.165, 1.54) is 25.7 Å². The maximum absolute atomic E-state index is 12.1. The van der Waals surface area contributed by atoms with Crippen molar-refractivity contribution in [3.63, 3.8) is 0 Å². The maximum atomic E-state index is 12.1. The maximum Gasteiger partial charge on any atom is 0.166 e. The topological polar surface area (TPSA) is 42.0 Å². The molecule has 0 aromatic carbocycles. The number of pyridine rings is 1. The van der Waals surface area contributed by atoms with Gasteiger partial charge in [-0.15, -0.1) is 0 Å². The second kappa shape index (κ2) is 10.4. The van der Waals surface area contributed by atoms with E-state index < -0.39 is 0 Å². The van der Waals surface area contributed by atoms with Gasteiger partial charge in [-0.3, -0.25) is 4.79 Å². The van der Waals surface area contributed by atoms with E-state index in [1.54, 1.807) is 6.20 Å². The van der Waals surface area contributed by atoms with Crippen LogP contribution in [-0.2, 0) is 0 Å². The number of rotatable bonds is 11. The minimum Gasteiger partial charge on any atom is -0.369 e. The minimum absolute atomic E-state index is 0.202. The number of carbonyl (C=O) groups excluding carboxylic acids is 1. The number of hydrogen-bond acceptors (Lipinski definition) is 3. The molecule has 112 valence electrons. The third-order valence-corrected chi connectivity index (χ3v) is 3.44. The third-order valence-electron chi connectivity index (χ3n) is 3.44. The summed E-state index contributed by atoms with van der Waals surface area (Å²) in [7, 11) is 0. The second-order valence-electron chi connectivity index (χ2n) is 5.27. The SMILES string of the molecule is CCCCCCCNc1ncccc1C(=O)CCCC. The number of anilines is 1. The molecule has 0 atom stereocenters. The molecule has 0 unspecified atom stereocenters. The molecule has 3 nitrogen and oxygen atoms in total. The van der Waals surface area contributed by atoms with Crippen molar-refractivity contribution in [1.29, 1.82) is 0 Å². The number of carbonyl (C=O) groups is 1. The van der Waals surface area contributed by atoms with E-state index in [1.807, 2.05) is 12.1 Å². The lowest BCUT2D eigenvalue weighted by molar-refractivity contribution is 0.0980. The fourth-order valence-electron chi connectivity index (χ4n) is 2.18. The van der Waals surface area contributed by atoms with E-state index >= 15 is 0 Å². The Balaban J connectivity index is 2.42. The van der Waals surface area contributed by atoms with Gasteiger partial charge in [0, 0.05) is 19.2 Å². The lowest BCUT2D eigenvalue weighted by atomic mass is 10.1. The highest BCUT2D eigenvalue weighted by atomic mass is 16.1. The summed E-state index contributed by atoms with van der Waals surface area (Å²) in [6, 6.07) is 3.72. The monoisotopic (exact) mass is 276 g/mol. The molecule has 0 saturated carbocycles. The molecule has 0 saturated heterocycles. The predicted molar refractivity (Wildman–Crippen MR) is 85.3 cm³/mol. The fraction of sp³-hybridized carbons (Fsp3) is 0.647. The van der Waals surface area contributed by atoms with Crippen molar-refractivity contribution >= 4 is 11.6 Å². The van der Waals surface area contributed by atoms with Crippen molar-refractivity contribution in [3.05, 3.63) is 23.9 Å². The summed E-state index contributed by atoms with van der Waals surface area (Å²) in [6.07, 6.45) is 10.6. The number of ketones is 1. The molecular formula is C17H28N2O. The Kier molecular flexibility index (Phi) is 8.68. The molecular weight excluding hydrogens is 248 g/mol. The third kappa shape index (κ3) is 6.18. The Labute approximate surface area is 123 Å². The zero-order chi connectivity index (χ0) is 14.6. The highest BCUT2D eigenvalue weighted by Gasteiger charge is 2.11. The van der Waals surface area contributed by atoms with Gasteiger partial charge >= 0.3 is 0 Å². The summed E-state index contributed by atoms with van der Waals surface area (Å²) in [5.41, 5.74) is 0.745. The first-order valence-electron chi connectivity index (χ1n) is 8.01. The summed E-state index contributed by atoms with van der Waals surface area (Å²) in [5, 5.41) is 3.32. The summed E-state index contributed by atoms with van der Waals surface area (Å²) >= 11 is 0. The Bertz CT molecular complexity index is 390. The zero-order valence-corrected chi connectivity index (χ0v) is 13.0. The number of aromatic nitrogens is 1. The first kappa shape index (κ1) is 16.7. The second-order valence-corrected chi connectivity index (χ2v) is 5.27. The van der Waals surface area contributed by atoms with E-state index in [4.69, 9.17) is 0 Å². The van der Waals surface area contributed by atoms with Gasteiger partial charge in [-0.1, -0.05) is 46.0 Å². The minimum atomic E-state index is 0.202. The summed E-state index contributed by atoms with van der Waals surface area (Å²) in [4.78, 5) is 16.4. The highest BCUT2D eigenvalue weighted by Crippen LogP contribution is 2.15. The lowest BCUT2D eigenvalue weighted by Gasteiger charge is -2.10. The highest BCUT2D eigenvalue weighted by molar-refractivity contribution is 6.00. The fourth-order valence-corrected chi connectivity index (χ4v) is 2.18. The van der Waals surface area contributed by atoms with E-state index in [-0.39, 0.29) is 5.78 Å². The van der Waals surface area contributed by atoms with Crippen LogP contribution in [0.15, 0.2) is 18.3 Å². The molecule has 0 bridgehead atoms. The number of nitrogens with zero attached hydrogens (tertiary/aromatic N) is 1. The van der Waals surface area contributed by atoms with E-state index in [2.05, 4.69) is 24.1 Å². The molecule has 1 rings (SSSR count). The smallest absolute Gasteiger partial charge is 0.166 e. The van der Waals surface area contributed by atoms with Gasteiger partial charge in [-0.05, 0) is 25.0 Å². The van der Waals surface area contributed by atoms with Gasteiger partial charge in [0.05, 0.1) is 5.56 Å². The molecule has 0 aliphatic rings. The average Bonchev–Trinajstić information content (AvgIpc) is 2.48. The summed E-state index contributed by atoms with van der Waals surface area (Å²) in [5.74, 6) is 0.956. The molecule has 3 heteroatoms. The molecule has 0 amide bonds. The quantitative estimate of drug-likeness (QED) is 0.464. The van der Waals surface area contributed by atoms with Crippen LogP contribution in [0, 0.1) is 0 Å². The lowest BCUT2D eigenvalue weighted by Crippen LogP contribution is -2.09. The van der Waals surface area contributed by atoms with E-state index in [9.17, 15) is 4.79 Å². The van der Waals surface area contributed by atoms with Gasteiger partial charge in [0.2, 0.25) is 0 Å². The standard InChI is InChI=1S/C17H28N2O/c1-3-5-7-8-9-13-18-17-15(11-10-14-19-17)16(20)12-6-4-2/h10-11,14H,3-9,12-13H2,1-2H3,(H,18,19).